The van der Waals surface area contributed by atoms with E-state index in [1.54, 1.807) is 0 Å². The quantitative estimate of drug-likeness (QED) is 0.624. The molecule has 0 aromatic heterocycles. The highest BCUT2D eigenvalue weighted by Crippen LogP contribution is 2.20. The maximum Gasteiger partial charge on any atom is 0.305 e. The van der Waals surface area contributed by atoms with E-state index in [1.165, 1.54) is 7.11 Å². The number of rotatable bonds is 3. The van der Waals surface area contributed by atoms with Crippen molar-refractivity contribution in [3.63, 3.8) is 0 Å². The first-order chi connectivity index (χ1) is 6.13. The van der Waals surface area contributed by atoms with Crippen molar-refractivity contribution in [3.8, 4) is 0 Å². The lowest BCUT2D eigenvalue weighted by molar-refractivity contribution is -0.140. The van der Waals surface area contributed by atoms with Crippen molar-refractivity contribution in [1.29, 1.82) is 0 Å². The largest absolute Gasteiger partial charge is 0.469 e. The van der Waals surface area contributed by atoms with Crippen LogP contribution < -0.4 is 0 Å². The third-order valence-corrected chi connectivity index (χ3v) is 2.22. The number of esters is 1. The van der Waals surface area contributed by atoms with Crippen molar-refractivity contribution < 1.29 is 9.53 Å². The molecule has 1 aliphatic rings. The Morgan fingerprint density at radius 1 is 1.62 bits per heavy atom. The van der Waals surface area contributed by atoms with Gasteiger partial charge in [-0.3, -0.25) is 9.79 Å². The van der Waals surface area contributed by atoms with E-state index in [4.69, 9.17) is 0 Å². The Morgan fingerprint density at radius 2 is 2.31 bits per heavy atom. The van der Waals surface area contributed by atoms with Crippen molar-refractivity contribution in [3.05, 3.63) is 11.8 Å². The number of hydrogen-bond acceptors (Lipinski definition) is 3. The van der Waals surface area contributed by atoms with Gasteiger partial charge < -0.3 is 4.74 Å². The summed E-state index contributed by atoms with van der Waals surface area (Å²) < 4.78 is 4.57. The van der Waals surface area contributed by atoms with Gasteiger partial charge in [-0.2, -0.15) is 0 Å². The number of carbonyl (C=O) groups excluding carboxylic acids is 1. The third kappa shape index (κ3) is 2.68. The zero-order valence-electron chi connectivity index (χ0n) is 8.33. The number of allylic oxidation sites excluding steroid dienone is 2. The van der Waals surface area contributed by atoms with E-state index in [2.05, 4.69) is 15.8 Å². The van der Waals surface area contributed by atoms with Crippen LogP contribution >= 0.6 is 0 Å². The molecule has 3 heteroatoms. The van der Waals surface area contributed by atoms with E-state index in [0.29, 0.717) is 12.3 Å². The third-order valence-electron chi connectivity index (χ3n) is 2.22. The molecule has 0 unspecified atom stereocenters. The Kier molecular flexibility index (Phi) is 3.23. The Morgan fingerprint density at radius 3 is 2.77 bits per heavy atom. The van der Waals surface area contributed by atoms with Crippen molar-refractivity contribution in [2.24, 2.45) is 10.9 Å². The second kappa shape index (κ2) is 4.21. The molecule has 0 fully saturated rings. The SMILES string of the molecule is COC(=O)CC[C@@H]1C=C(C)N=C1C. The fourth-order valence-electron chi connectivity index (χ4n) is 1.48. The molecule has 1 rings (SSSR count). The number of methoxy groups -OCH3 is 1. The molecule has 0 saturated carbocycles. The van der Waals surface area contributed by atoms with E-state index < -0.39 is 0 Å². The van der Waals surface area contributed by atoms with Gasteiger partial charge >= 0.3 is 5.97 Å². The van der Waals surface area contributed by atoms with E-state index in [9.17, 15) is 4.79 Å². The summed E-state index contributed by atoms with van der Waals surface area (Å²) in [5, 5.41) is 0. The molecule has 0 N–H and O–H groups in total. The molecule has 0 radical (unpaired) electrons. The maximum atomic E-state index is 10.9. The summed E-state index contributed by atoms with van der Waals surface area (Å²) >= 11 is 0. The first kappa shape index (κ1) is 9.96. The minimum atomic E-state index is -0.147. The molecular formula is C10H15NO2. The fraction of sp³-hybridized carbons (Fsp3) is 0.600. The molecule has 0 saturated heterocycles. The average molecular weight is 181 g/mol. The van der Waals surface area contributed by atoms with Crippen LogP contribution in [-0.2, 0) is 9.53 Å². The van der Waals surface area contributed by atoms with Gasteiger partial charge in [-0.25, -0.2) is 0 Å². The standard InChI is InChI=1S/C10H15NO2/c1-7-6-9(8(2)11-7)4-5-10(12)13-3/h6,9H,4-5H2,1-3H3/t9-/m1/s1. The van der Waals surface area contributed by atoms with Crippen molar-refractivity contribution >= 4 is 11.7 Å². The molecule has 0 aliphatic carbocycles. The van der Waals surface area contributed by atoms with Crippen LogP contribution in [0.25, 0.3) is 0 Å². The fourth-order valence-corrected chi connectivity index (χ4v) is 1.48. The highest BCUT2D eigenvalue weighted by molar-refractivity contribution is 5.89. The lowest BCUT2D eigenvalue weighted by Crippen LogP contribution is -2.09. The smallest absolute Gasteiger partial charge is 0.305 e. The predicted molar refractivity (Wildman–Crippen MR) is 51.6 cm³/mol. The Bertz CT molecular complexity index is 266. The molecule has 1 heterocycles. The molecule has 0 bridgehead atoms. The number of aliphatic imine (C=N–C) groups is 1. The zero-order chi connectivity index (χ0) is 9.84. The molecule has 0 aromatic rings. The number of nitrogens with zero attached hydrogens (tertiary/aromatic N) is 1. The van der Waals surface area contributed by atoms with Crippen LogP contribution in [0.4, 0.5) is 0 Å². The molecule has 0 aromatic carbocycles. The van der Waals surface area contributed by atoms with Crippen LogP contribution in [0.15, 0.2) is 16.8 Å². The van der Waals surface area contributed by atoms with Gasteiger partial charge in [0.15, 0.2) is 0 Å². The molecule has 0 spiro atoms. The summed E-state index contributed by atoms with van der Waals surface area (Å²) in [5.74, 6) is 0.185. The summed E-state index contributed by atoms with van der Waals surface area (Å²) in [6, 6.07) is 0. The van der Waals surface area contributed by atoms with E-state index >= 15 is 0 Å². The van der Waals surface area contributed by atoms with Gasteiger partial charge in [0.05, 0.1) is 7.11 Å². The minimum Gasteiger partial charge on any atom is -0.469 e. The summed E-state index contributed by atoms with van der Waals surface area (Å²) in [6.07, 6.45) is 3.37. The Balaban J connectivity index is 2.39. The van der Waals surface area contributed by atoms with E-state index in [-0.39, 0.29) is 5.97 Å². The summed E-state index contributed by atoms with van der Waals surface area (Å²) in [6.45, 7) is 3.97. The molecule has 0 amide bonds. The van der Waals surface area contributed by atoms with Gasteiger partial charge in [0.25, 0.3) is 0 Å². The number of ether oxygens (including phenoxy) is 1. The van der Waals surface area contributed by atoms with Crippen molar-refractivity contribution in [2.75, 3.05) is 7.11 Å². The van der Waals surface area contributed by atoms with Crippen molar-refractivity contribution in [1.82, 2.24) is 0 Å². The van der Waals surface area contributed by atoms with Crippen molar-refractivity contribution in [2.45, 2.75) is 26.7 Å². The van der Waals surface area contributed by atoms with Crippen LogP contribution in [0, 0.1) is 5.92 Å². The van der Waals surface area contributed by atoms with Gasteiger partial charge in [0, 0.05) is 23.7 Å². The molecule has 1 atom stereocenters. The number of hydrogen-bond donors (Lipinski definition) is 0. The molecule has 3 nitrogen and oxygen atoms in total. The second-order valence-corrected chi connectivity index (χ2v) is 3.28. The van der Waals surface area contributed by atoms with Crippen LogP contribution in [-0.4, -0.2) is 18.8 Å². The first-order valence-electron chi connectivity index (χ1n) is 4.44. The van der Waals surface area contributed by atoms with Crippen LogP contribution in [0.2, 0.25) is 0 Å². The minimum absolute atomic E-state index is 0.147. The molecule has 72 valence electrons. The van der Waals surface area contributed by atoms with Gasteiger partial charge in [0.1, 0.15) is 0 Å². The summed E-state index contributed by atoms with van der Waals surface area (Å²) in [5.41, 5.74) is 2.15. The lowest BCUT2D eigenvalue weighted by atomic mass is 10.00. The lowest BCUT2D eigenvalue weighted by Gasteiger charge is -2.06. The summed E-state index contributed by atoms with van der Waals surface area (Å²) in [7, 11) is 1.42. The Labute approximate surface area is 78.5 Å². The number of carbonyl (C=O) groups is 1. The first-order valence-corrected chi connectivity index (χ1v) is 4.44. The second-order valence-electron chi connectivity index (χ2n) is 3.28. The van der Waals surface area contributed by atoms with E-state index in [1.807, 2.05) is 13.8 Å². The normalized spacial score (nSPS) is 21.0. The predicted octanol–water partition coefficient (Wildman–Crippen LogP) is 1.93. The van der Waals surface area contributed by atoms with Crippen LogP contribution in [0.5, 0.6) is 0 Å². The molecular weight excluding hydrogens is 166 g/mol. The van der Waals surface area contributed by atoms with Gasteiger partial charge in [-0.1, -0.05) is 6.08 Å². The molecule has 1 aliphatic heterocycles. The zero-order valence-corrected chi connectivity index (χ0v) is 8.33. The Hall–Kier alpha value is -1.12. The molecule has 13 heavy (non-hydrogen) atoms. The average Bonchev–Trinajstić information content (AvgIpc) is 2.41. The van der Waals surface area contributed by atoms with Gasteiger partial charge in [-0.15, -0.1) is 0 Å². The highest BCUT2D eigenvalue weighted by Gasteiger charge is 2.16. The highest BCUT2D eigenvalue weighted by atomic mass is 16.5. The van der Waals surface area contributed by atoms with E-state index in [0.717, 1.165) is 17.8 Å². The van der Waals surface area contributed by atoms with Crippen LogP contribution in [0.3, 0.4) is 0 Å². The summed E-state index contributed by atoms with van der Waals surface area (Å²) in [4.78, 5) is 15.2. The maximum absolute atomic E-state index is 10.9. The van der Waals surface area contributed by atoms with Crippen LogP contribution in [0.1, 0.15) is 26.7 Å². The van der Waals surface area contributed by atoms with Gasteiger partial charge in [0.2, 0.25) is 0 Å². The topological polar surface area (TPSA) is 38.7 Å². The monoisotopic (exact) mass is 181 g/mol. The van der Waals surface area contributed by atoms with Gasteiger partial charge in [-0.05, 0) is 20.3 Å².